The fourth-order valence-electron chi connectivity index (χ4n) is 3.95. The number of morpholine rings is 1. The number of amidine groups is 1. The maximum absolute atomic E-state index is 13.5. The SMILES string of the molecule is COc1cc(/C=C2\O[C@@H](C)CN3C2=NO[C@]3(I)c2ccc(F)cc2)ccc1-n1cnc(C)c1. The van der Waals surface area contributed by atoms with Gasteiger partial charge in [0.05, 0.1) is 31.4 Å². The molecule has 9 heteroatoms. The summed E-state index contributed by atoms with van der Waals surface area (Å²) in [6, 6.07) is 12.2. The first-order valence-electron chi connectivity index (χ1n) is 10.4. The number of ether oxygens (including phenoxy) is 2. The van der Waals surface area contributed by atoms with Crippen molar-refractivity contribution >= 4 is 34.5 Å². The molecular formula is C24H22FIN4O3. The number of benzene rings is 2. The van der Waals surface area contributed by atoms with E-state index in [1.165, 1.54) is 12.1 Å². The third kappa shape index (κ3) is 3.94. The van der Waals surface area contributed by atoms with Crippen molar-refractivity contribution in [1.29, 1.82) is 0 Å². The number of alkyl halides is 1. The largest absolute Gasteiger partial charge is 0.495 e. The number of hydrogen-bond donors (Lipinski definition) is 0. The van der Waals surface area contributed by atoms with E-state index in [1.807, 2.05) is 53.8 Å². The Morgan fingerprint density at radius 3 is 2.73 bits per heavy atom. The summed E-state index contributed by atoms with van der Waals surface area (Å²) >= 11 is 2.21. The molecule has 170 valence electrons. The number of rotatable bonds is 4. The van der Waals surface area contributed by atoms with Crippen molar-refractivity contribution in [2.75, 3.05) is 13.7 Å². The van der Waals surface area contributed by atoms with E-state index in [4.69, 9.17) is 14.3 Å². The van der Waals surface area contributed by atoms with Crippen molar-refractivity contribution in [3.63, 3.8) is 0 Å². The fourth-order valence-corrected chi connectivity index (χ4v) is 4.83. The van der Waals surface area contributed by atoms with E-state index in [0.29, 0.717) is 23.9 Å². The van der Waals surface area contributed by atoms with Gasteiger partial charge in [0, 0.05) is 34.4 Å². The van der Waals surface area contributed by atoms with Gasteiger partial charge in [-0.15, -0.1) is 0 Å². The van der Waals surface area contributed by atoms with Crippen LogP contribution in [0.15, 0.2) is 65.9 Å². The molecule has 0 radical (unpaired) electrons. The highest BCUT2D eigenvalue weighted by Crippen LogP contribution is 2.45. The summed E-state index contributed by atoms with van der Waals surface area (Å²) in [5.41, 5.74) is 3.52. The second kappa shape index (κ2) is 8.36. The van der Waals surface area contributed by atoms with E-state index in [9.17, 15) is 4.39 Å². The Kier molecular flexibility index (Phi) is 5.51. The van der Waals surface area contributed by atoms with Crippen LogP contribution in [0, 0.1) is 12.7 Å². The fraction of sp³-hybridized carbons (Fsp3) is 0.250. The topological polar surface area (TPSA) is 61.1 Å². The first kappa shape index (κ1) is 21.7. The van der Waals surface area contributed by atoms with Crippen LogP contribution in [0.4, 0.5) is 4.39 Å². The molecule has 3 heterocycles. The van der Waals surface area contributed by atoms with Gasteiger partial charge in [-0.3, -0.25) is 4.90 Å². The van der Waals surface area contributed by atoms with Crippen molar-refractivity contribution < 1.29 is 18.7 Å². The lowest BCUT2D eigenvalue weighted by molar-refractivity contribution is -0.0305. The lowest BCUT2D eigenvalue weighted by atomic mass is 10.1. The first-order valence-corrected chi connectivity index (χ1v) is 11.5. The van der Waals surface area contributed by atoms with Crippen LogP contribution in [0.5, 0.6) is 5.75 Å². The molecule has 2 aromatic carbocycles. The summed E-state index contributed by atoms with van der Waals surface area (Å²) in [7, 11) is 1.64. The van der Waals surface area contributed by atoms with Gasteiger partial charge in [-0.2, -0.15) is 0 Å². The van der Waals surface area contributed by atoms with Crippen LogP contribution in [0.3, 0.4) is 0 Å². The summed E-state index contributed by atoms with van der Waals surface area (Å²) in [5, 5.41) is 4.34. The van der Waals surface area contributed by atoms with Crippen molar-refractivity contribution in [2.24, 2.45) is 5.16 Å². The molecule has 2 atom stereocenters. The van der Waals surface area contributed by atoms with Gasteiger partial charge >= 0.3 is 0 Å². The predicted octanol–water partition coefficient (Wildman–Crippen LogP) is 4.98. The number of halogens is 2. The summed E-state index contributed by atoms with van der Waals surface area (Å²) in [6.45, 7) is 4.52. The maximum Gasteiger partial charge on any atom is 0.287 e. The second-order valence-electron chi connectivity index (χ2n) is 7.98. The van der Waals surface area contributed by atoms with Crippen molar-refractivity contribution in [3.8, 4) is 11.4 Å². The molecular weight excluding hydrogens is 538 g/mol. The van der Waals surface area contributed by atoms with E-state index in [0.717, 1.165) is 22.5 Å². The lowest BCUT2D eigenvalue weighted by Crippen LogP contribution is -2.49. The number of imidazole rings is 1. The maximum atomic E-state index is 13.5. The van der Waals surface area contributed by atoms with Crippen molar-refractivity contribution in [1.82, 2.24) is 14.5 Å². The van der Waals surface area contributed by atoms with Gasteiger partial charge in [-0.25, -0.2) is 9.37 Å². The van der Waals surface area contributed by atoms with Gasteiger partial charge in [0.25, 0.3) is 3.73 Å². The molecule has 0 aliphatic carbocycles. The second-order valence-corrected chi connectivity index (χ2v) is 9.44. The van der Waals surface area contributed by atoms with Gasteiger partial charge in [-0.1, -0.05) is 11.2 Å². The molecule has 3 aromatic rings. The smallest absolute Gasteiger partial charge is 0.287 e. The van der Waals surface area contributed by atoms with E-state index >= 15 is 0 Å². The summed E-state index contributed by atoms with van der Waals surface area (Å²) in [5.74, 6) is 1.61. The van der Waals surface area contributed by atoms with Crippen LogP contribution in [-0.4, -0.2) is 40.0 Å². The van der Waals surface area contributed by atoms with Gasteiger partial charge in [0.1, 0.15) is 17.7 Å². The highest BCUT2D eigenvalue weighted by Gasteiger charge is 2.49. The van der Waals surface area contributed by atoms with Crippen LogP contribution >= 0.6 is 22.6 Å². The normalized spacial score (nSPS) is 23.1. The Balaban J connectivity index is 1.48. The van der Waals surface area contributed by atoms with Gasteiger partial charge < -0.3 is 18.9 Å². The number of hydrogen-bond acceptors (Lipinski definition) is 6. The summed E-state index contributed by atoms with van der Waals surface area (Å²) < 4.78 is 26.3. The number of nitrogens with zero attached hydrogens (tertiary/aromatic N) is 4. The predicted molar refractivity (Wildman–Crippen MR) is 131 cm³/mol. The van der Waals surface area contributed by atoms with E-state index < -0.39 is 3.73 Å². The van der Waals surface area contributed by atoms with E-state index in [1.54, 1.807) is 25.6 Å². The highest BCUT2D eigenvalue weighted by atomic mass is 127. The molecule has 0 spiro atoms. The minimum atomic E-state index is -0.876. The van der Waals surface area contributed by atoms with Crippen molar-refractivity contribution in [3.05, 3.63) is 83.4 Å². The Bertz CT molecular complexity index is 1260. The molecule has 2 aliphatic heterocycles. The molecule has 0 bridgehead atoms. The lowest BCUT2D eigenvalue weighted by Gasteiger charge is -2.38. The third-order valence-electron chi connectivity index (χ3n) is 5.54. The number of methoxy groups -OCH3 is 1. The molecule has 7 nitrogen and oxygen atoms in total. The zero-order valence-corrected chi connectivity index (χ0v) is 20.5. The van der Waals surface area contributed by atoms with Crippen LogP contribution in [0.25, 0.3) is 11.8 Å². The summed E-state index contributed by atoms with van der Waals surface area (Å²) in [6.07, 6.45) is 5.53. The van der Waals surface area contributed by atoms with E-state index in [-0.39, 0.29) is 11.9 Å². The van der Waals surface area contributed by atoms with Crippen LogP contribution < -0.4 is 4.74 Å². The Hall–Kier alpha value is -3.08. The Morgan fingerprint density at radius 1 is 1.24 bits per heavy atom. The minimum absolute atomic E-state index is 0.0958. The zero-order chi connectivity index (χ0) is 23.2. The monoisotopic (exact) mass is 560 g/mol. The quantitative estimate of drug-likeness (QED) is 0.256. The molecule has 1 aromatic heterocycles. The molecule has 0 N–H and O–H groups in total. The minimum Gasteiger partial charge on any atom is -0.495 e. The Labute approximate surface area is 204 Å². The molecule has 5 rings (SSSR count). The molecule has 0 saturated carbocycles. The van der Waals surface area contributed by atoms with Gasteiger partial charge in [-0.05, 0) is 61.9 Å². The van der Waals surface area contributed by atoms with Crippen molar-refractivity contribution in [2.45, 2.75) is 23.7 Å². The number of aromatic nitrogens is 2. The molecule has 0 unspecified atom stereocenters. The van der Waals surface area contributed by atoms with E-state index in [2.05, 4.69) is 32.7 Å². The van der Waals surface area contributed by atoms with Crippen LogP contribution in [0.2, 0.25) is 0 Å². The van der Waals surface area contributed by atoms with Gasteiger partial charge in [0.2, 0.25) is 5.84 Å². The van der Waals surface area contributed by atoms with Gasteiger partial charge in [0.15, 0.2) is 5.76 Å². The standard InChI is InChI=1S/C24H22FIN4O3/c1-15-12-29(14-27-15)20-9-4-17(10-21(20)31-3)11-22-23-28-33-24(26,30(23)13-16(2)32-22)18-5-7-19(25)8-6-18/h4-12,14,16H,13H2,1-3H3/b22-11-/t16-,24-/m0/s1. The molecule has 33 heavy (non-hydrogen) atoms. The van der Waals surface area contributed by atoms with Crippen LogP contribution in [0.1, 0.15) is 23.7 Å². The number of oxime groups is 1. The number of aryl methyl sites for hydroxylation is 1. The Morgan fingerprint density at radius 2 is 2.03 bits per heavy atom. The zero-order valence-electron chi connectivity index (χ0n) is 18.3. The molecule has 1 fully saturated rings. The number of fused-ring (bicyclic) bond motifs is 1. The molecule has 0 amide bonds. The third-order valence-corrected chi connectivity index (χ3v) is 6.94. The average Bonchev–Trinajstić information content (AvgIpc) is 3.38. The first-order chi connectivity index (χ1) is 15.9. The average molecular weight is 560 g/mol. The molecule has 2 aliphatic rings. The van der Waals surface area contributed by atoms with Crippen LogP contribution in [-0.2, 0) is 13.3 Å². The highest BCUT2D eigenvalue weighted by molar-refractivity contribution is 14.1. The summed E-state index contributed by atoms with van der Waals surface area (Å²) in [4.78, 5) is 12.2. The molecule has 1 saturated heterocycles.